The zero-order valence-corrected chi connectivity index (χ0v) is 23.0. The van der Waals surface area contributed by atoms with E-state index >= 15 is 0 Å². The van der Waals surface area contributed by atoms with Gasteiger partial charge in [-0.25, -0.2) is 13.9 Å². The fourth-order valence-corrected chi connectivity index (χ4v) is 6.83. The van der Waals surface area contributed by atoms with E-state index in [4.69, 9.17) is 5.10 Å². The summed E-state index contributed by atoms with van der Waals surface area (Å²) in [4.78, 5) is 21.8. The summed E-state index contributed by atoms with van der Waals surface area (Å²) in [5, 5.41) is 17.3. The molecule has 0 spiro atoms. The van der Waals surface area contributed by atoms with E-state index in [0.717, 1.165) is 50.0 Å². The molecule has 0 bridgehead atoms. The molecule has 210 valence electrons. The summed E-state index contributed by atoms with van der Waals surface area (Å²) in [6.45, 7) is 5.92. The van der Waals surface area contributed by atoms with E-state index in [1.807, 2.05) is 28.0 Å². The van der Waals surface area contributed by atoms with Crippen molar-refractivity contribution in [3.05, 3.63) is 88.8 Å². The second-order valence-corrected chi connectivity index (χ2v) is 11.2. The van der Waals surface area contributed by atoms with Gasteiger partial charge in [-0.2, -0.15) is 5.10 Å². The van der Waals surface area contributed by atoms with E-state index in [0.29, 0.717) is 25.6 Å². The number of hydrogen-bond donors (Lipinski definition) is 2. The predicted molar refractivity (Wildman–Crippen MR) is 151 cm³/mol. The van der Waals surface area contributed by atoms with Crippen LogP contribution >= 0.6 is 0 Å². The molecule has 2 aliphatic carbocycles. The summed E-state index contributed by atoms with van der Waals surface area (Å²) >= 11 is 0. The lowest BCUT2D eigenvalue weighted by molar-refractivity contribution is 0.120. The van der Waals surface area contributed by atoms with Gasteiger partial charge in [0.2, 0.25) is 0 Å². The molecule has 2 N–H and O–H groups in total. The third kappa shape index (κ3) is 5.28. The number of aliphatic hydroxyl groups excluding tert-OH is 1. The van der Waals surface area contributed by atoms with Crippen LogP contribution in [0.25, 0.3) is 5.69 Å². The second-order valence-electron chi connectivity index (χ2n) is 11.2. The maximum atomic E-state index is 13.5. The number of piperazine rings is 1. The van der Waals surface area contributed by atoms with Crippen molar-refractivity contribution < 1.29 is 14.3 Å². The molecule has 0 radical (unpaired) electrons. The fraction of sp³-hybridized carbons (Fsp3) is 0.452. The smallest absolute Gasteiger partial charge is 0.317 e. The average Bonchev–Trinajstić information content (AvgIpc) is 3.59. The fourth-order valence-electron chi connectivity index (χ4n) is 6.83. The number of hydrogen-bond acceptors (Lipinski definition) is 5. The number of aromatic nitrogens is 3. The van der Waals surface area contributed by atoms with Gasteiger partial charge >= 0.3 is 6.03 Å². The predicted octanol–water partition coefficient (Wildman–Crippen LogP) is 4.22. The molecule has 3 aliphatic rings. The first-order valence-corrected chi connectivity index (χ1v) is 14.3. The van der Waals surface area contributed by atoms with Gasteiger partial charge in [-0.05, 0) is 61.1 Å². The first kappa shape index (κ1) is 26.7. The zero-order valence-electron chi connectivity index (χ0n) is 23.0. The molecule has 0 saturated carbocycles. The summed E-state index contributed by atoms with van der Waals surface area (Å²) in [5.41, 5.74) is 7.30. The van der Waals surface area contributed by atoms with Crippen molar-refractivity contribution >= 4 is 6.03 Å². The molecule has 8 nitrogen and oxygen atoms in total. The quantitative estimate of drug-likeness (QED) is 0.435. The molecule has 1 aliphatic heterocycles. The van der Waals surface area contributed by atoms with Crippen molar-refractivity contribution in [2.24, 2.45) is 5.92 Å². The third-order valence-electron chi connectivity index (χ3n) is 8.91. The number of allylic oxidation sites excluding steroid dienone is 2. The number of amides is 2. The number of benzene rings is 1. The molecule has 9 heteroatoms. The van der Waals surface area contributed by atoms with Crippen LogP contribution in [0.1, 0.15) is 55.0 Å². The van der Waals surface area contributed by atoms with E-state index in [-0.39, 0.29) is 30.4 Å². The number of urea groups is 1. The topological polar surface area (TPSA) is 86.5 Å². The minimum absolute atomic E-state index is 0.0377. The Bertz CT molecular complexity index is 1360. The van der Waals surface area contributed by atoms with Crippen molar-refractivity contribution in [1.29, 1.82) is 0 Å². The van der Waals surface area contributed by atoms with Crippen LogP contribution in [0.2, 0.25) is 0 Å². The number of rotatable bonds is 7. The Morgan fingerprint density at radius 3 is 2.67 bits per heavy atom. The third-order valence-corrected chi connectivity index (χ3v) is 8.91. The van der Waals surface area contributed by atoms with Gasteiger partial charge in [0.05, 0.1) is 30.2 Å². The van der Waals surface area contributed by atoms with Gasteiger partial charge in [-0.15, -0.1) is 0 Å². The Morgan fingerprint density at radius 2 is 1.95 bits per heavy atom. The van der Waals surface area contributed by atoms with E-state index in [2.05, 4.69) is 28.2 Å². The molecule has 3 atom stereocenters. The molecule has 1 unspecified atom stereocenters. The summed E-state index contributed by atoms with van der Waals surface area (Å²) in [7, 11) is 0. The molecule has 3 heterocycles. The highest BCUT2D eigenvalue weighted by molar-refractivity contribution is 5.75. The Kier molecular flexibility index (Phi) is 7.67. The SMILES string of the molecule is C[C@@H]1C2=C(CC[C@@H]2CC(NC(=O)N2CCN(CCO)CC2)c2cccnc2)Cc2c1cnn2-c1ccc(F)cc1. The number of halogens is 1. The lowest BCUT2D eigenvalue weighted by Gasteiger charge is -2.36. The Morgan fingerprint density at radius 1 is 1.15 bits per heavy atom. The molecule has 1 aromatic carbocycles. The van der Waals surface area contributed by atoms with E-state index in [1.165, 1.54) is 34.5 Å². The number of fused-ring (bicyclic) bond motifs is 1. The van der Waals surface area contributed by atoms with Crippen LogP contribution in [0.4, 0.5) is 9.18 Å². The normalized spacial score (nSPS) is 21.7. The standard InChI is InChI=1S/C31H37FN6O2/c1-21-27-20-34-38(26-8-6-25(32)7-9-26)29(27)18-23-5-4-22(30(21)23)17-28(24-3-2-10-33-19-24)35-31(40)37-13-11-36(12-14-37)15-16-39/h2-3,6-10,19-22,28,39H,4-5,11-18H2,1H3,(H,35,40)/t21-,22+,28?/m0/s1. The highest BCUT2D eigenvalue weighted by Gasteiger charge is 2.38. The average molecular weight is 545 g/mol. The largest absolute Gasteiger partial charge is 0.395 e. The zero-order chi connectivity index (χ0) is 27.6. The minimum atomic E-state index is -0.249. The summed E-state index contributed by atoms with van der Waals surface area (Å²) in [5.74, 6) is 0.352. The summed E-state index contributed by atoms with van der Waals surface area (Å²) in [6, 6.07) is 10.3. The van der Waals surface area contributed by atoms with Gasteiger partial charge in [0.25, 0.3) is 0 Å². The molecule has 3 aromatic rings. The van der Waals surface area contributed by atoms with Gasteiger partial charge in [0.1, 0.15) is 5.82 Å². The van der Waals surface area contributed by atoms with Crippen molar-refractivity contribution in [2.45, 2.75) is 44.6 Å². The van der Waals surface area contributed by atoms with Crippen LogP contribution in [-0.4, -0.2) is 75.0 Å². The lowest BCUT2D eigenvalue weighted by Crippen LogP contribution is -2.52. The van der Waals surface area contributed by atoms with Crippen LogP contribution in [0.5, 0.6) is 0 Å². The molecule has 1 fully saturated rings. The number of nitrogens with zero attached hydrogens (tertiary/aromatic N) is 5. The maximum Gasteiger partial charge on any atom is 0.317 e. The molecule has 2 aromatic heterocycles. The van der Waals surface area contributed by atoms with Crippen LogP contribution in [-0.2, 0) is 6.42 Å². The van der Waals surface area contributed by atoms with Crippen LogP contribution in [0.3, 0.4) is 0 Å². The second kappa shape index (κ2) is 11.5. The van der Waals surface area contributed by atoms with Crippen LogP contribution in [0, 0.1) is 11.7 Å². The highest BCUT2D eigenvalue weighted by atomic mass is 19.1. The maximum absolute atomic E-state index is 13.5. The molecule has 2 amide bonds. The van der Waals surface area contributed by atoms with Gasteiger partial charge in [0, 0.05) is 63.0 Å². The van der Waals surface area contributed by atoms with Crippen LogP contribution < -0.4 is 5.32 Å². The Balaban J connectivity index is 1.20. The van der Waals surface area contributed by atoms with E-state index in [9.17, 15) is 14.3 Å². The van der Waals surface area contributed by atoms with Crippen molar-refractivity contribution in [3.8, 4) is 5.69 Å². The minimum Gasteiger partial charge on any atom is -0.395 e. The number of pyridine rings is 1. The van der Waals surface area contributed by atoms with Gasteiger partial charge < -0.3 is 15.3 Å². The van der Waals surface area contributed by atoms with E-state index in [1.54, 1.807) is 18.3 Å². The van der Waals surface area contributed by atoms with Gasteiger partial charge in [0.15, 0.2) is 0 Å². The number of nitrogens with one attached hydrogen (secondary N) is 1. The van der Waals surface area contributed by atoms with Crippen molar-refractivity contribution in [3.63, 3.8) is 0 Å². The monoisotopic (exact) mass is 544 g/mol. The van der Waals surface area contributed by atoms with E-state index < -0.39 is 0 Å². The Hall–Kier alpha value is -3.56. The number of carbonyl (C=O) groups is 1. The van der Waals surface area contributed by atoms with Gasteiger partial charge in [-0.1, -0.05) is 24.1 Å². The number of aliphatic hydroxyl groups is 1. The molecular weight excluding hydrogens is 507 g/mol. The first-order chi connectivity index (χ1) is 19.5. The Labute approximate surface area is 234 Å². The summed E-state index contributed by atoms with van der Waals surface area (Å²) < 4.78 is 15.5. The van der Waals surface area contributed by atoms with Crippen LogP contribution in [0.15, 0.2) is 66.1 Å². The molecule has 1 saturated heterocycles. The molecular formula is C31H37FN6O2. The van der Waals surface area contributed by atoms with Gasteiger partial charge in [-0.3, -0.25) is 9.88 Å². The number of β-amino-alcohol motifs (C(OH)–C–C–N with tert-alkyl or cyclic N) is 1. The molecule has 6 rings (SSSR count). The summed E-state index contributed by atoms with van der Waals surface area (Å²) in [6.07, 6.45) is 9.39. The van der Waals surface area contributed by atoms with Crippen molar-refractivity contribution in [1.82, 2.24) is 29.9 Å². The first-order valence-electron chi connectivity index (χ1n) is 14.3. The number of carbonyl (C=O) groups excluding carboxylic acids is 1. The molecule has 40 heavy (non-hydrogen) atoms. The van der Waals surface area contributed by atoms with Crippen molar-refractivity contribution in [2.75, 3.05) is 39.3 Å². The highest BCUT2D eigenvalue weighted by Crippen LogP contribution is 2.49. The lowest BCUT2D eigenvalue weighted by atomic mass is 9.78.